The lowest BCUT2D eigenvalue weighted by molar-refractivity contribution is -0.141. The lowest BCUT2D eigenvalue weighted by atomic mass is 10.5. The molecule has 6 nitrogen and oxygen atoms in total. The Labute approximate surface area is 70.0 Å². The normalized spacial score (nSPS) is 15.2. The third-order valence-electron chi connectivity index (χ3n) is 1.02. The van der Waals surface area contributed by atoms with Crippen molar-refractivity contribution < 1.29 is 28.0 Å². The van der Waals surface area contributed by atoms with Crippen molar-refractivity contribution in [1.82, 2.24) is 0 Å². The van der Waals surface area contributed by atoms with Gasteiger partial charge in [0.2, 0.25) is 0 Å². The summed E-state index contributed by atoms with van der Waals surface area (Å²) in [6.07, 6.45) is -0.0790. The number of carbonyl (C=O) groups excluding carboxylic acids is 1. The van der Waals surface area contributed by atoms with Crippen LogP contribution in [0.3, 0.4) is 0 Å². The number of phosphoric ester groups is 1. The molecule has 0 saturated heterocycles. The van der Waals surface area contributed by atoms with E-state index in [4.69, 9.17) is 4.89 Å². The molecule has 0 radical (unpaired) electrons. The van der Waals surface area contributed by atoms with Gasteiger partial charge in [-0.3, -0.25) is 13.8 Å². The topological polar surface area (TPSA) is 82.1 Å². The van der Waals surface area contributed by atoms with Crippen molar-refractivity contribution in [3.63, 3.8) is 0 Å². The highest BCUT2D eigenvalue weighted by Crippen LogP contribution is 2.41. The van der Waals surface area contributed by atoms with Gasteiger partial charge >= 0.3 is 13.8 Å². The van der Waals surface area contributed by atoms with Crippen LogP contribution in [0.5, 0.6) is 0 Å². The first-order valence-corrected chi connectivity index (χ1v) is 4.61. The van der Waals surface area contributed by atoms with Crippen LogP contribution in [0.4, 0.5) is 0 Å². The summed E-state index contributed by atoms with van der Waals surface area (Å²) >= 11 is 0. The van der Waals surface area contributed by atoms with E-state index in [1.54, 1.807) is 0 Å². The first kappa shape index (κ1) is 11.6. The zero-order chi connectivity index (χ0) is 9.61. The third-order valence-corrected chi connectivity index (χ3v) is 1.99. The molecule has 0 spiro atoms. The molecular formula is C5H11O6P. The molecule has 72 valence electrons. The number of carbonyl (C=O) groups is 1. The zero-order valence-corrected chi connectivity index (χ0v) is 7.74. The maximum Gasteiger partial charge on any atom is 0.471 e. The van der Waals surface area contributed by atoms with Crippen molar-refractivity contribution in [2.75, 3.05) is 20.8 Å². The van der Waals surface area contributed by atoms with E-state index in [-0.39, 0.29) is 13.0 Å². The SMILES string of the molecule is COC(=O)CCOP(=O)(O)OC. The fraction of sp³-hybridized carbons (Fsp3) is 0.800. The van der Waals surface area contributed by atoms with Crippen LogP contribution in [0.1, 0.15) is 6.42 Å². The molecule has 0 aliphatic carbocycles. The number of rotatable bonds is 5. The highest BCUT2D eigenvalue weighted by molar-refractivity contribution is 7.47. The second-order valence-electron chi connectivity index (χ2n) is 1.81. The van der Waals surface area contributed by atoms with Gasteiger partial charge in [-0.1, -0.05) is 0 Å². The Morgan fingerprint density at radius 1 is 1.50 bits per heavy atom. The smallest absolute Gasteiger partial charge is 0.469 e. The molecule has 0 aromatic rings. The van der Waals surface area contributed by atoms with Gasteiger partial charge in [-0.15, -0.1) is 0 Å². The molecule has 0 bridgehead atoms. The van der Waals surface area contributed by atoms with Crippen LogP contribution < -0.4 is 0 Å². The molecule has 0 amide bonds. The summed E-state index contributed by atoms with van der Waals surface area (Å²) in [5.41, 5.74) is 0. The number of methoxy groups -OCH3 is 1. The molecular weight excluding hydrogens is 187 g/mol. The van der Waals surface area contributed by atoms with E-state index in [1.807, 2.05) is 0 Å². The molecule has 0 aromatic carbocycles. The Balaban J connectivity index is 3.57. The molecule has 0 saturated carbocycles. The maximum atomic E-state index is 10.6. The van der Waals surface area contributed by atoms with E-state index in [0.29, 0.717) is 0 Å². The molecule has 0 heterocycles. The van der Waals surface area contributed by atoms with Gasteiger partial charge in [0.05, 0.1) is 20.1 Å². The molecule has 0 rings (SSSR count). The second-order valence-corrected chi connectivity index (χ2v) is 3.37. The maximum absolute atomic E-state index is 10.6. The average Bonchev–Trinajstić information content (AvgIpc) is 2.04. The molecule has 12 heavy (non-hydrogen) atoms. The van der Waals surface area contributed by atoms with E-state index in [1.165, 1.54) is 7.11 Å². The Bertz CT molecular complexity index is 190. The van der Waals surface area contributed by atoms with Crippen LogP contribution in [-0.2, 0) is 23.1 Å². The first-order chi connectivity index (χ1) is 5.52. The number of ether oxygens (including phenoxy) is 1. The molecule has 0 aliphatic rings. The van der Waals surface area contributed by atoms with Crippen molar-refractivity contribution in [1.29, 1.82) is 0 Å². The number of phosphoric acid groups is 1. The Morgan fingerprint density at radius 3 is 2.50 bits per heavy atom. The van der Waals surface area contributed by atoms with E-state index in [0.717, 1.165) is 7.11 Å². The van der Waals surface area contributed by atoms with Gasteiger partial charge in [0.1, 0.15) is 0 Å². The zero-order valence-electron chi connectivity index (χ0n) is 6.85. The predicted molar refractivity (Wildman–Crippen MR) is 39.4 cm³/mol. The second kappa shape index (κ2) is 5.27. The Hall–Kier alpha value is -0.420. The molecule has 1 unspecified atom stereocenters. The van der Waals surface area contributed by atoms with E-state index >= 15 is 0 Å². The summed E-state index contributed by atoms with van der Waals surface area (Å²) in [7, 11) is -1.69. The van der Waals surface area contributed by atoms with Gasteiger partial charge in [-0.25, -0.2) is 4.57 Å². The van der Waals surface area contributed by atoms with E-state index in [2.05, 4.69) is 13.8 Å². The summed E-state index contributed by atoms with van der Waals surface area (Å²) in [5.74, 6) is -0.508. The summed E-state index contributed by atoms with van der Waals surface area (Å²) < 4.78 is 23.3. The van der Waals surface area contributed by atoms with Crippen molar-refractivity contribution >= 4 is 13.8 Å². The first-order valence-electron chi connectivity index (χ1n) is 3.11. The summed E-state index contributed by atoms with van der Waals surface area (Å²) in [4.78, 5) is 19.1. The fourth-order valence-corrected chi connectivity index (χ4v) is 0.827. The summed E-state index contributed by atoms with van der Waals surface area (Å²) in [6, 6.07) is 0. The molecule has 1 N–H and O–H groups in total. The fourth-order valence-electron chi connectivity index (χ4n) is 0.399. The third kappa shape index (κ3) is 5.26. The van der Waals surface area contributed by atoms with Crippen molar-refractivity contribution in [3.8, 4) is 0 Å². The molecule has 7 heteroatoms. The van der Waals surface area contributed by atoms with Crippen LogP contribution in [0.25, 0.3) is 0 Å². The average molecular weight is 198 g/mol. The number of hydrogen-bond acceptors (Lipinski definition) is 5. The summed E-state index contributed by atoms with van der Waals surface area (Å²) in [5, 5.41) is 0. The molecule has 0 aromatic heterocycles. The molecule has 0 aliphatic heterocycles. The van der Waals surface area contributed by atoms with Gasteiger partial charge in [0, 0.05) is 7.11 Å². The minimum absolute atomic E-state index is 0.0790. The van der Waals surface area contributed by atoms with Crippen LogP contribution in [-0.4, -0.2) is 31.7 Å². The van der Waals surface area contributed by atoms with Crippen LogP contribution in [0.2, 0.25) is 0 Å². The van der Waals surface area contributed by atoms with Crippen molar-refractivity contribution in [2.45, 2.75) is 6.42 Å². The minimum atomic E-state index is -3.95. The predicted octanol–water partition coefficient (Wildman–Crippen LogP) is 0.313. The molecule has 1 atom stereocenters. The van der Waals surface area contributed by atoms with Gasteiger partial charge in [0.15, 0.2) is 0 Å². The lowest BCUT2D eigenvalue weighted by Crippen LogP contribution is -2.05. The quantitative estimate of drug-likeness (QED) is 0.505. The largest absolute Gasteiger partial charge is 0.471 e. The van der Waals surface area contributed by atoms with Gasteiger partial charge < -0.3 is 9.63 Å². The Kier molecular flexibility index (Phi) is 5.08. The van der Waals surface area contributed by atoms with Gasteiger partial charge in [-0.05, 0) is 0 Å². The monoisotopic (exact) mass is 198 g/mol. The molecule has 0 fully saturated rings. The van der Waals surface area contributed by atoms with Crippen molar-refractivity contribution in [2.24, 2.45) is 0 Å². The van der Waals surface area contributed by atoms with Gasteiger partial charge in [-0.2, -0.15) is 0 Å². The number of esters is 1. The standard InChI is InChI=1S/C5H11O6P/c1-9-5(6)3-4-11-12(7,8)10-2/h3-4H2,1-2H3,(H,7,8). The van der Waals surface area contributed by atoms with E-state index in [9.17, 15) is 9.36 Å². The van der Waals surface area contributed by atoms with Crippen LogP contribution in [0.15, 0.2) is 0 Å². The highest BCUT2D eigenvalue weighted by Gasteiger charge is 2.18. The minimum Gasteiger partial charge on any atom is -0.469 e. The summed E-state index contributed by atoms with van der Waals surface area (Å²) in [6.45, 7) is -0.200. The van der Waals surface area contributed by atoms with E-state index < -0.39 is 13.8 Å². The highest BCUT2D eigenvalue weighted by atomic mass is 31.2. The van der Waals surface area contributed by atoms with Crippen LogP contribution in [0, 0.1) is 0 Å². The van der Waals surface area contributed by atoms with Gasteiger partial charge in [0.25, 0.3) is 0 Å². The Morgan fingerprint density at radius 2 is 2.08 bits per heavy atom. The van der Waals surface area contributed by atoms with Crippen molar-refractivity contribution in [3.05, 3.63) is 0 Å². The lowest BCUT2D eigenvalue weighted by Gasteiger charge is -2.07. The van der Waals surface area contributed by atoms with Crippen LogP contribution >= 0.6 is 7.82 Å². The number of hydrogen-bond donors (Lipinski definition) is 1.